The number of nitrogens with zero attached hydrogens (tertiary/aromatic N) is 2. The van der Waals surface area contributed by atoms with E-state index in [2.05, 4.69) is 34.2 Å². The van der Waals surface area contributed by atoms with Crippen molar-refractivity contribution in [3.05, 3.63) is 101 Å². The Hall–Kier alpha value is -4.23. The summed E-state index contributed by atoms with van der Waals surface area (Å²) in [6.07, 6.45) is 2.32. The van der Waals surface area contributed by atoms with Crippen molar-refractivity contribution < 1.29 is 23.7 Å². The Morgan fingerprint density at radius 1 is 1.08 bits per heavy atom. The van der Waals surface area contributed by atoms with Crippen molar-refractivity contribution in [2.24, 2.45) is 0 Å². The molecule has 0 amide bonds. The molecule has 1 unspecified atom stereocenters. The zero-order chi connectivity index (χ0) is 27.1. The van der Waals surface area contributed by atoms with Gasteiger partial charge >= 0.3 is 5.97 Å². The van der Waals surface area contributed by atoms with Gasteiger partial charge in [-0.25, -0.2) is 4.79 Å². The fourth-order valence-electron chi connectivity index (χ4n) is 5.83. The largest absolute Gasteiger partial charge is 0.497 e. The molecule has 0 aliphatic carbocycles. The topological polar surface area (TPSA) is 62.2 Å². The van der Waals surface area contributed by atoms with Crippen LogP contribution in [0.4, 0.5) is 0 Å². The first-order valence-electron chi connectivity index (χ1n) is 13.2. The van der Waals surface area contributed by atoms with Gasteiger partial charge in [-0.05, 0) is 66.9 Å². The van der Waals surface area contributed by atoms with Gasteiger partial charge in [-0.3, -0.25) is 4.90 Å². The van der Waals surface area contributed by atoms with Crippen molar-refractivity contribution in [2.75, 3.05) is 27.4 Å². The van der Waals surface area contributed by atoms with Crippen molar-refractivity contribution in [1.82, 2.24) is 9.47 Å². The van der Waals surface area contributed by atoms with E-state index in [0.29, 0.717) is 18.7 Å². The average molecular weight is 525 g/mol. The van der Waals surface area contributed by atoms with Crippen molar-refractivity contribution in [2.45, 2.75) is 32.7 Å². The first kappa shape index (κ1) is 25.1. The highest BCUT2D eigenvalue weighted by Gasteiger charge is 2.36. The third-order valence-electron chi connectivity index (χ3n) is 7.81. The predicted molar refractivity (Wildman–Crippen MR) is 150 cm³/mol. The maximum absolute atomic E-state index is 13.4. The van der Waals surface area contributed by atoms with Gasteiger partial charge in [-0.15, -0.1) is 0 Å². The number of rotatable bonds is 7. The van der Waals surface area contributed by atoms with E-state index in [4.69, 9.17) is 18.9 Å². The van der Waals surface area contributed by atoms with Crippen LogP contribution in [-0.4, -0.2) is 42.8 Å². The summed E-state index contributed by atoms with van der Waals surface area (Å²) in [4.78, 5) is 15.8. The number of methoxy groups -OCH3 is 2. The summed E-state index contributed by atoms with van der Waals surface area (Å²) in [5.74, 6) is 2.12. The van der Waals surface area contributed by atoms with E-state index in [-0.39, 0.29) is 18.8 Å². The molecule has 0 saturated heterocycles. The Balaban J connectivity index is 1.45. The van der Waals surface area contributed by atoms with E-state index >= 15 is 0 Å². The van der Waals surface area contributed by atoms with Gasteiger partial charge in [-0.1, -0.05) is 24.8 Å². The highest BCUT2D eigenvalue weighted by Crippen LogP contribution is 2.44. The minimum absolute atomic E-state index is 0.156. The molecule has 2 aliphatic rings. The minimum atomic E-state index is -0.350. The van der Waals surface area contributed by atoms with Crippen LogP contribution >= 0.6 is 0 Å². The Kier molecular flexibility index (Phi) is 6.53. The Labute approximate surface area is 228 Å². The monoisotopic (exact) mass is 524 g/mol. The Bertz CT molecular complexity index is 1570. The van der Waals surface area contributed by atoms with Gasteiger partial charge in [0.15, 0.2) is 6.23 Å². The first-order valence-corrected chi connectivity index (χ1v) is 13.2. The maximum atomic E-state index is 13.4. The predicted octanol–water partition coefficient (Wildman–Crippen LogP) is 5.81. The van der Waals surface area contributed by atoms with E-state index in [1.165, 1.54) is 5.56 Å². The SMILES string of the molecule is C=CCOC(=O)c1c(C)n(Cc2ccc(OC)cc2)c2ccc3c(c12)CN1CCc2cc(OC)ccc2C1O3. The van der Waals surface area contributed by atoms with Gasteiger partial charge in [0, 0.05) is 41.8 Å². The molecular weight excluding hydrogens is 492 g/mol. The number of esters is 1. The van der Waals surface area contributed by atoms with Gasteiger partial charge < -0.3 is 23.5 Å². The van der Waals surface area contributed by atoms with E-state index < -0.39 is 0 Å². The molecule has 1 aromatic heterocycles. The molecule has 4 aromatic rings. The average Bonchev–Trinajstić information content (AvgIpc) is 3.26. The normalized spacial score (nSPS) is 16.0. The summed E-state index contributed by atoms with van der Waals surface area (Å²) in [6, 6.07) is 18.3. The number of hydrogen-bond acceptors (Lipinski definition) is 6. The maximum Gasteiger partial charge on any atom is 0.340 e. The van der Waals surface area contributed by atoms with Crippen LogP contribution in [0.25, 0.3) is 10.9 Å². The number of carbonyl (C=O) groups excluding carboxylic acids is 1. The molecule has 39 heavy (non-hydrogen) atoms. The van der Waals surface area contributed by atoms with Crippen LogP contribution in [0.2, 0.25) is 0 Å². The third kappa shape index (κ3) is 4.33. The second-order valence-electron chi connectivity index (χ2n) is 9.97. The molecular formula is C32H32N2O5. The van der Waals surface area contributed by atoms with E-state index in [1.807, 2.05) is 43.3 Å². The quantitative estimate of drug-likeness (QED) is 0.225. The van der Waals surface area contributed by atoms with E-state index in [0.717, 1.165) is 63.5 Å². The van der Waals surface area contributed by atoms with Crippen molar-refractivity contribution in [1.29, 1.82) is 0 Å². The number of hydrogen-bond donors (Lipinski definition) is 0. The molecule has 0 saturated carbocycles. The fourth-order valence-corrected chi connectivity index (χ4v) is 5.83. The van der Waals surface area contributed by atoms with Crippen LogP contribution in [0.15, 0.2) is 67.3 Å². The number of ether oxygens (including phenoxy) is 4. The molecule has 0 fully saturated rings. The van der Waals surface area contributed by atoms with Gasteiger partial charge in [0.2, 0.25) is 0 Å². The molecule has 1 atom stereocenters. The molecule has 0 radical (unpaired) electrons. The number of fused-ring (bicyclic) bond motifs is 6. The summed E-state index contributed by atoms with van der Waals surface area (Å²) in [7, 11) is 3.35. The molecule has 3 aromatic carbocycles. The standard InChI is InChI=1S/C32H32N2O5/c1-5-16-38-32(35)29-20(2)34(18-21-6-8-23(36-3)9-7-21)27-12-13-28-26(30(27)29)19-33-15-14-22-17-24(37-4)10-11-25(22)31(33)39-28/h5-13,17,31H,1,14-16,18-19H2,2-4H3. The lowest BCUT2D eigenvalue weighted by Gasteiger charge is -2.41. The zero-order valence-corrected chi connectivity index (χ0v) is 22.5. The molecule has 0 N–H and O–H groups in total. The first-order chi connectivity index (χ1) is 19.0. The zero-order valence-electron chi connectivity index (χ0n) is 22.5. The van der Waals surface area contributed by atoms with E-state index in [1.54, 1.807) is 20.3 Å². The molecule has 3 heterocycles. The van der Waals surface area contributed by atoms with Crippen LogP contribution in [0.5, 0.6) is 17.2 Å². The fraction of sp³-hybridized carbons (Fsp3) is 0.281. The number of benzene rings is 3. The molecule has 2 aliphatic heterocycles. The second-order valence-corrected chi connectivity index (χ2v) is 9.97. The number of aromatic nitrogens is 1. The summed E-state index contributed by atoms with van der Waals surface area (Å²) >= 11 is 0. The van der Waals surface area contributed by atoms with Gasteiger partial charge in [0.1, 0.15) is 23.9 Å². The van der Waals surface area contributed by atoms with E-state index in [9.17, 15) is 4.79 Å². The van der Waals surface area contributed by atoms with Crippen molar-refractivity contribution >= 4 is 16.9 Å². The molecule has 6 rings (SSSR count). The highest BCUT2D eigenvalue weighted by atomic mass is 16.5. The minimum Gasteiger partial charge on any atom is -0.497 e. The third-order valence-corrected chi connectivity index (χ3v) is 7.81. The van der Waals surface area contributed by atoms with Crippen LogP contribution in [0, 0.1) is 6.92 Å². The molecule has 7 nitrogen and oxygen atoms in total. The number of carbonyl (C=O) groups is 1. The molecule has 7 heteroatoms. The summed E-state index contributed by atoms with van der Waals surface area (Å²) in [5, 5.41) is 0.895. The smallest absolute Gasteiger partial charge is 0.340 e. The lowest BCUT2D eigenvalue weighted by molar-refractivity contribution is -0.00960. The molecule has 200 valence electrons. The Morgan fingerprint density at radius 3 is 2.59 bits per heavy atom. The van der Waals surface area contributed by atoms with Gasteiger partial charge in [0.25, 0.3) is 0 Å². The highest BCUT2D eigenvalue weighted by molar-refractivity contribution is 6.08. The lowest BCUT2D eigenvalue weighted by atomic mass is 9.94. The van der Waals surface area contributed by atoms with Crippen LogP contribution in [0.3, 0.4) is 0 Å². The summed E-state index contributed by atoms with van der Waals surface area (Å²) in [5.41, 5.74) is 6.96. The van der Waals surface area contributed by atoms with Gasteiger partial charge in [-0.2, -0.15) is 0 Å². The summed E-state index contributed by atoms with van der Waals surface area (Å²) in [6.45, 7) is 7.98. The van der Waals surface area contributed by atoms with Gasteiger partial charge in [0.05, 0.1) is 25.3 Å². The Morgan fingerprint density at radius 2 is 1.85 bits per heavy atom. The molecule has 0 bridgehead atoms. The van der Waals surface area contributed by atoms with Crippen molar-refractivity contribution in [3.63, 3.8) is 0 Å². The van der Waals surface area contributed by atoms with Crippen LogP contribution < -0.4 is 14.2 Å². The molecule has 0 spiro atoms. The lowest BCUT2D eigenvalue weighted by Crippen LogP contribution is -2.40. The second kappa shape index (κ2) is 10.2. The van der Waals surface area contributed by atoms with Crippen LogP contribution in [-0.2, 0) is 24.2 Å². The van der Waals surface area contributed by atoms with Crippen molar-refractivity contribution in [3.8, 4) is 17.2 Å². The van der Waals surface area contributed by atoms with Crippen LogP contribution in [0.1, 0.15) is 44.5 Å². The summed E-state index contributed by atoms with van der Waals surface area (Å²) < 4.78 is 25.2.